The molecule has 0 fully saturated rings. The molecule has 4 aromatic rings. The maximum atomic E-state index is 12.2. The zero-order valence-electron chi connectivity index (χ0n) is 22.0. The predicted octanol–water partition coefficient (Wildman–Crippen LogP) is 4.10. The molecule has 0 aliphatic heterocycles. The molecule has 8 N–H and O–H groups in total. The van der Waals surface area contributed by atoms with Crippen LogP contribution in [0.15, 0.2) is 95.8 Å². The normalized spacial score (nSPS) is 12.8. The van der Waals surface area contributed by atoms with Gasteiger partial charge in [-0.3, -0.25) is 13.7 Å². The summed E-state index contributed by atoms with van der Waals surface area (Å²) in [5, 5.41) is 37.3. The summed E-state index contributed by atoms with van der Waals surface area (Å²) in [4.78, 5) is -2.39. The van der Waals surface area contributed by atoms with E-state index in [1.54, 1.807) is 12.1 Å². The van der Waals surface area contributed by atoms with Crippen molar-refractivity contribution in [1.82, 2.24) is 0 Å². The third-order valence-corrected chi connectivity index (χ3v) is 8.45. The van der Waals surface area contributed by atoms with Crippen molar-refractivity contribution < 1.29 is 49.1 Å². The number of fused-ring (bicyclic) bond motifs is 1. The summed E-state index contributed by atoms with van der Waals surface area (Å²) in [5.41, 5.74) is 4.85. The van der Waals surface area contributed by atoms with Gasteiger partial charge in [0.05, 0.1) is 34.0 Å². The lowest BCUT2D eigenvalue weighted by atomic mass is 10.1. The number of aliphatic hydroxyl groups excluding tert-OH is 1. The van der Waals surface area contributed by atoms with Crippen LogP contribution in [0, 0.1) is 0 Å². The van der Waals surface area contributed by atoms with Gasteiger partial charge in [0, 0.05) is 12.2 Å². The van der Waals surface area contributed by atoms with Crippen LogP contribution >= 0.6 is 0 Å². The number of aliphatic hydroxyl groups is 1. The van der Waals surface area contributed by atoms with E-state index in [0.29, 0.717) is 5.69 Å². The molecule has 0 bridgehead atoms. The van der Waals surface area contributed by atoms with Crippen LogP contribution in [0.4, 0.5) is 34.1 Å². The summed E-state index contributed by atoms with van der Waals surface area (Å²) in [6, 6.07) is 11.8. The van der Waals surface area contributed by atoms with Crippen LogP contribution in [-0.2, 0) is 30.4 Å². The van der Waals surface area contributed by atoms with Gasteiger partial charge in [0.25, 0.3) is 30.4 Å². The molecule has 44 heavy (non-hydrogen) atoms. The predicted molar refractivity (Wildman–Crippen MR) is 156 cm³/mol. The quantitative estimate of drug-likeness (QED) is 0.0713. The highest BCUT2D eigenvalue weighted by Crippen LogP contribution is 2.48. The fourth-order valence-corrected chi connectivity index (χ4v) is 5.66. The molecule has 0 saturated heterocycles. The number of benzene rings is 4. The molecule has 0 saturated carbocycles. The Labute approximate surface area is 249 Å². The molecule has 4 aromatic carbocycles. The number of nitrogens with one attached hydrogen (secondary N) is 1. The number of azo groups is 2. The molecular formula is C24H22N6O11S3. The van der Waals surface area contributed by atoms with Crippen molar-refractivity contribution in [2.75, 3.05) is 24.2 Å². The molecular weight excluding hydrogens is 644 g/mol. The third kappa shape index (κ3) is 7.14. The lowest BCUT2D eigenvalue weighted by molar-refractivity contribution is 0.311. The van der Waals surface area contributed by atoms with Crippen molar-refractivity contribution in [3.63, 3.8) is 0 Å². The minimum Gasteiger partial charge on any atom is -0.505 e. The Hall–Kier alpha value is -4.57. The molecule has 20 heteroatoms. The molecule has 0 atom stereocenters. The van der Waals surface area contributed by atoms with E-state index in [2.05, 4.69) is 25.8 Å². The Morgan fingerprint density at radius 1 is 0.682 bits per heavy atom. The van der Waals surface area contributed by atoms with Crippen LogP contribution in [0.3, 0.4) is 0 Å². The molecule has 0 heterocycles. The summed E-state index contributed by atoms with van der Waals surface area (Å²) in [6.07, 6.45) is 0. The average molecular weight is 667 g/mol. The fourth-order valence-electron chi connectivity index (χ4n) is 3.85. The first-order valence-electron chi connectivity index (χ1n) is 11.9. The SMILES string of the molecule is Nc1c(N=Nc2ccc(S(=O)(=O)O)cc2)c(S(=O)(=O)O)cc2cc(S(=O)(=O)O)c(N=Nc3ccc(NCCO)cc3)c(O)c12. The highest BCUT2D eigenvalue weighted by atomic mass is 32.2. The molecule has 0 aliphatic carbocycles. The number of hydrogen-bond donors (Lipinski definition) is 7. The second-order valence-electron chi connectivity index (χ2n) is 8.82. The van der Waals surface area contributed by atoms with Crippen molar-refractivity contribution in [2.24, 2.45) is 20.5 Å². The maximum Gasteiger partial charge on any atom is 0.296 e. The van der Waals surface area contributed by atoms with Crippen molar-refractivity contribution in [1.29, 1.82) is 0 Å². The Kier molecular flexibility index (Phi) is 8.97. The van der Waals surface area contributed by atoms with E-state index >= 15 is 0 Å². The topological polar surface area (TPSA) is 291 Å². The molecule has 0 radical (unpaired) electrons. The molecule has 0 spiro atoms. The molecule has 4 rings (SSSR count). The maximum absolute atomic E-state index is 12.2. The van der Waals surface area contributed by atoms with Gasteiger partial charge in [-0.1, -0.05) is 0 Å². The molecule has 0 aromatic heterocycles. The first-order valence-corrected chi connectivity index (χ1v) is 16.3. The number of rotatable bonds is 10. The van der Waals surface area contributed by atoms with Crippen LogP contribution in [0.2, 0.25) is 0 Å². The highest BCUT2D eigenvalue weighted by molar-refractivity contribution is 7.86. The number of phenols is 1. The largest absolute Gasteiger partial charge is 0.505 e. The van der Waals surface area contributed by atoms with Gasteiger partial charge < -0.3 is 21.3 Å². The minimum atomic E-state index is -5.11. The van der Waals surface area contributed by atoms with Gasteiger partial charge in [0.1, 0.15) is 21.2 Å². The van der Waals surface area contributed by atoms with Crippen LogP contribution < -0.4 is 11.1 Å². The minimum absolute atomic E-state index is 0.0452. The number of nitrogens with zero attached hydrogens (tertiary/aromatic N) is 4. The van der Waals surface area contributed by atoms with E-state index in [1.165, 1.54) is 12.1 Å². The first-order chi connectivity index (χ1) is 20.5. The van der Waals surface area contributed by atoms with Crippen LogP contribution in [-0.4, -0.2) is 62.3 Å². The number of hydrogen-bond acceptors (Lipinski definition) is 14. The molecule has 232 valence electrons. The molecule has 17 nitrogen and oxygen atoms in total. The molecule has 0 aliphatic rings. The summed E-state index contributed by atoms with van der Waals surface area (Å²) >= 11 is 0. The summed E-state index contributed by atoms with van der Waals surface area (Å²) in [6.45, 7) is 0.176. The zero-order chi connectivity index (χ0) is 32.4. The summed E-state index contributed by atoms with van der Waals surface area (Å²) < 4.78 is 100. The molecule has 0 unspecified atom stereocenters. The second kappa shape index (κ2) is 12.2. The van der Waals surface area contributed by atoms with E-state index < -0.39 is 73.2 Å². The average Bonchev–Trinajstić information content (AvgIpc) is 2.94. The number of phenolic OH excluding ortho intramolecular Hbond substituents is 1. The van der Waals surface area contributed by atoms with Crippen LogP contribution in [0.25, 0.3) is 10.8 Å². The van der Waals surface area contributed by atoms with Gasteiger partial charge in [-0.2, -0.15) is 35.5 Å². The Bertz CT molecular complexity index is 2140. The first kappa shape index (κ1) is 32.3. The van der Waals surface area contributed by atoms with E-state index in [4.69, 9.17) is 15.4 Å². The van der Waals surface area contributed by atoms with E-state index in [0.717, 1.165) is 36.4 Å². The Balaban J connectivity index is 1.90. The van der Waals surface area contributed by atoms with Gasteiger partial charge in [0.15, 0.2) is 5.75 Å². The van der Waals surface area contributed by atoms with Gasteiger partial charge in [-0.25, -0.2) is 0 Å². The number of aromatic hydroxyl groups is 1. The second-order valence-corrected chi connectivity index (χ2v) is 13.0. The lowest BCUT2D eigenvalue weighted by Gasteiger charge is -2.14. The fraction of sp³-hybridized carbons (Fsp3) is 0.0833. The zero-order valence-corrected chi connectivity index (χ0v) is 24.4. The standard InChI is InChI=1S/C24H22N6O11S3/c25-21-20-13(11-18(43(36,37)38)22(21)29-27-16-5-7-17(8-6-16)42(33,34)35)12-19(44(39,40)41)23(24(20)32)30-28-15-3-1-14(2-4-15)26-9-10-31/h1-8,11-12,26,31-32H,9-10,25H2,(H,33,34,35)(H,36,37,38)(H,39,40,41). The molecule has 0 amide bonds. The van der Waals surface area contributed by atoms with Crippen LogP contribution in [0.5, 0.6) is 5.75 Å². The Morgan fingerprint density at radius 3 is 1.64 bits per heavy atom. The van der Waals surface area contributed by atoms with E-state index in [9.17, 15) is 39.5 Å². The van der Waals surface area contributed by atoms with Gasteiger partial charge in [-0.15, -0.1) is 10.2 Å². The van der Waals surface area contributed by atoms with Gasteiger partial charge in [0.2, 0.25) is 0 Å². The van der Waals surface area contributed by atoms with E-state index in [1.807, 2.05) is 0 Å². The van der Waals surface area contributed by atoms with Crippen molar-refractivity contribution in [2.45, 2.75) is 14.7 Å². The smallest absolute Gasteiger partial charge is 0.296 e. The van der Waals surface area contributed by atoms with Crippen LogP contribution in [0.1, 0.15) is 0 Å². The number of nitrogens with two attached hydrogens (primary N) is 1. The Morgan fingerprint density at radius 2 is 1.16 bits per heavy atom. The van der Waals surface area contributed by atoms with Crippen molar-refractivity contribution in [3.05, 3.63) is 60.7 Å². The number of anilines is 2. The van der Waals surface area contributed by atoms with E-state index in [-0.39, 0.29) is 29.9 Å². The lowest BCUT2D eigenvalue weighted by Crippen LogP contribution is -2.04. The monoisotopic (exact) mass is 666 g/mol. The van der Waals surface area contributed by atoms with Gasteiger partial charge in [-0.05, 0) is 66.0 Å². The summed E-state index contributed by atoms with van der Waals surface area (Å²) in [7, 11) is -14.7. The van der Waals surface area contributed by atoms with Crippen molar-refractivity contribution >= 4 is 75.3 Å². The highest BCUT2D eigenvalue weighted by Gasteiger charge is 2.28. The van der Waals surface area contributed by atoms with Crippen molar-refractivity contribution in [3.8, 4) is 5.75 Å². The number of nitrogen functional groups attached to an aromatic ring is 1. The third-order valence-electron chi connectivity index (χ3n) is 5.84. The van der Waals surface area contributed by atoms with Gasteiger partial charge >= 0.3 is 0 Å². The summed E-state index contributed by atoms with van der Waals surface area (Å²) in [5.74, 6) is -0.951.